The Morgan fingerprint density at radius 2 is 1.51 bits per heavy atom. The third-order valence-electron chi connectivity index (χ3n) is 5.23. The second kappa shape index (κ2) is 15.7. The van der Waals surface area contributed by atoms with E-state index in [9.17, 15) is 29.1 Å². The number of guanidine groups is 1. The van der Waals surface area contributed by atoms with Crippen LogP contribution in [-0.4, -0.2) is 76.5 Å². The number of hydrogen-bond donors (Lipinski definition) is 8. The van der Waals surface area contributed by atoms with Gasteiger partial charge < -0.3 is 43.4 Å². The van der Waals surface area contributed by atoms with Crippen LogP contribution in [0.25, 0.3) is 0 Å². The van der Waals surface area contributed by atoms with E-state index in [-0.39, 0.29) is 31.8 Å². The highest BCUT2D eigenvalue weighted by molar-refractivity contribution is 5.94. The summed E-state index contributed by atoms with van der Waals surface area (Å²) >= 11 is 0. The molecular formula is C23H35N7O7. The van der Waals surface area contributed by atoms with Crippen molar-refractivity contribution in [2.45, 2.75) is 63.2 Å². The van der Waals surface area contributed by atoms with Gasteiger partial charge in [0.2, 0.25) is 17.7 Å². The molecule has 0 aliphatic rings. The molecule has 14 heteroatoms. The largest absolute Gasteiger partial charge is 0.481 e. The number of aliphatic imine (C=N–C) groups is 1. The molecule has 4 atom stereocenters. The van der Waals surface area contributed by atoms with Crippen molar-refractivity contribution in [2.24, 2.45) is 22.2 Å². The first kappa shape index (κ1) is 30.8. The lowest BCUT2D eigenvalue weighted by molar-refractivity contribution is -0.143. The Kier molecular flexibility index (Phi) is 13.1. The molecule has 4 unspecified atom stereocenters. The summed E-state index contributed by atoms with van der Waals surface area (Å²) in [6.45, 7) is 1.64. The number of carboxylic acid groups (broad SMARTS) is 2. The Morgan fingerprint density at radius 1 is 0.892 bits per heavy atom. The van der Waals surface area contributed by atoms with Crippen LogP contribution in [0.3, 0.4) is 0 Å². The van der Waals surface area contributed by atoms with Gasteiger partial charge in [-0.05, 0) is 31.7 Å². The van der Waals surface area contributed by atoms with Gasteiger partial charge >= 0.3 is 11.9 Å². The van der Waals surface area contributed by atoms with Crippen LogP contribution < -0.4 is 33.2 Å². The molecule has 1 rings (SSSR count). The van der Waals surface area contributed by atoms with Gasteiger partial charge in [0.05, 0.1) is 6.04 Å². The zero-order valence-corrected chi connectivity index (χ0v) is 20.6. The number of amides is 3. The molecule has 11 N–H and O–H groups in total. The molecule has 3 amide bonds. The third-order valence-corrected chi connectivity index (χ3v) is 5.23. The number of carbonyl (C=O) groups is 5. The van der Waals surface area contributed by atoms with Crippen LogP contribution >= 0.6 is 0 Å². The van der Waals surface area contributed by atoms with E-state index in [1.165, 1.54) is 6.92 Å². The molecule has 0 radical (unpaired) electrons. The summed E-state index contributed by atoms with van der Waals surface area (Å²) in [6.07, 6.45) is -0.0996. The van der Waals surface area contributed by atoms with Crippen LogP contribution in [0.5, 0.6) is 0 Å². The summed E-state index contributed by atoms with van der Waals surface area (Å²) in [6, 6.07) is 3.87. The van der Waals surface area contributed by atoms with E-state index in [2.05, 4.69) is 20.9 Å². The predicted molar refractivity (Wildman–Crippen MR) is 134 cm³/mol. The van der Waals surface area contributed by atoms with Crippen LogP contribution in [-0.2, 0) is 30.4 Å². The molecule has 0 aromatic heterocycles. The SMILES string of the molecule is CC(NC(=O)C(N)CCCN=C(N)N)C(=O)NC(CCC(=O)O)C(=O)NC(Cc1ccccc1)C(=O)O. The molecule has 0 saturated heterocycles. The summed E-state index contributed by atoms with van der Waals surface area (Å²) in [4.78, 5) is 64.3. The standard InChI is InChI=1S/C23H35N7O7/c1-13(28-20(34)15(24)8-5-11-27-23(25)26)19(33)29-16(9-10-18(31)32)21(35)30-17(22(36)37)12-14-6-3-2-4-7-14/h2-4,6-7,13,15-17H,5,8-12,24H2,1H3,(H,28,34)(H,29,33)(H,30,35)(H,31,32)(H,36,37)(H4,25,26,27). The third kappa shape index (κ3) is 12.4. The molecule has 0 aliphatic heterocycles. The second-order valence-electron chi connectivity index (χ2n) is 8.37. The monoisotopic (exact) mass is 521 g/mol. The summed E-state index contributed by atoms with van der Waals surface area (Å²) < 4.78 is 0. The first-order valence-electron chi connectivity index (χ1n) is 11.6. The average Bonchev–Trinajstić information content (AvgIpc) is 2.83. The maximum atomic E-state index is 12.8. The normalized spacial score (nSPS) is 13.8. The van der Waals surface area contributed by atoms with Crippen molar-refractivity contribution in [3.63, 3.8) is 0 Å². The first-order chi connectivity index (χ1) is 17.4. The lowest BCUT2D eigenvalue weighted by Gasteiger charge is -2.23. The summed E-state index contributed by atoms with van der Waals surface area (Å²) in [7, 11) is 0. The lowest BCUT2D eigenvalue weighted by Crippen LogP contribution is -2.56. The van der Waals surface area contributed by atoms with Gasteiger partial charge in [-0.1, -0.05) is 30.3 Å². The minimum absolute atomic E-state index is 0.0188. The quantitative estimate of drug-likeness (QED) is 0.0676. The molecule has 204 valence electrons. The number of benzene rings is 1. The fraction of sp³-hybridized carbons (Fsp3) is 0.478. The van der Waals surface area contributed by atoms with Gasteiger partial charge in [-0.15, -0.1) is 0 Å². The molecule has 1 aromatic rings. The van der Waals surface area contributed by atoms with Gasteiger partial charge in [-0.2, -0.15) is 0 Å². The van der Waals surface area contributed by atoms with Crippen molar-refractivity contribution in [1.82, 2.24) is 16.0 Å². The zero-order chi connectivity index (χ0) is 28.0. The lowest BCUT2D eigenvalue weighted by atomic mass is 10.0. The topological polar surface area (TPSA) is 252 Å². The molecule has 14 nitrogen and oxygen atoms in total. The minimum Gasteiger partial charge on any atom is -0.481 e. The molecule has 0 fully saturated rings. The Balaban J connectivity index is 2.78. The van der Waals surface area contributed by atoms with E-state index < -0.39 is 60.2 Å². The highest BCUT2D eigenvalue weighted by Crippen LogP contribution is 2.06. The average molecular weight is 522 g/mol. The molecule has 0 bridgehead atoms. The summed E-state index contributed by atoms with van der Waals surface area (Å²) in [5, 5.41) is 25.7. The minimum atomic E-state index is -1.35. The smallest absolute Gasteiger partial charge is 0.326 e. The van der Waals surface area contributed by atoms with Crippen molar-refractivity contribution in [2.75, 3.05) is 6.54 Å². The first-order valence-corrected chi connectivity index (χ1v) is 11.6. The van der Waals surface area contributed by atoms with Gasteiger partial charge in [-0.3, -0.25) is 24.2 Å². The molecule has 1 aromatic carbocycles. The number of aliphatic carboxylic acids is 2. The summed E-state index contributed by atoms with van der Waals surface area (Å²) in [5.41, 5.74) is 16.9. The van der Waals surface area contributed by atoms with Crippen molar-refractivity contribution < 1.29 is 34.2 Å². The highest BCUT2D eigenvalue weighted by Gasteiger charge is 2.29. The molecular weight excluding hydrogens is 486 g/mol. The van der Waals surface area contributed by atoms with Crippen LogP contribution in [0, 0.1) is 0 Å². The van der Waals surface area contributed by atoms with Gasteiger partial charge in [0, 0.05) is 19.4 Å². The molecule has 0 saturated carbocycles. The number of hydrogen-bond acceptors (Lipinski definition) is 7. The Hall–Kier alpha value is -4.20. The number of nitrogens with zero attached hydrogens (tertiary/aromatic N) is 1. The molecule has 0 aliphatic carbocycles. The van der Waals surface area contributed by atoms with Gasteiger partial charge in [0.15, 0.2) is 5.96 Å². The Labute approximate surface area is 214 Å². The van der Waals surface area contributed by atoms with E-state index in [0.717, 1.165) is 0 Å². The fourth-order valence-corrected chi connectivity index (χ4v) is 3.19. The van der Waals surface area contributed by atoms with Crippen LogP contribution in [0.4, 0.5) is 0 Å². The number of nitrogens with two attached hydrogens (primary N) is 3. The number of carbonyl (C=O) groups excluding carboxylic acids is 3. The van der Waals surface area contributed by atoms with Gasteiger partial charge in [-0.25, -0.2) is 4.79 Å². The number of nitrogens with one attached hydrogen (secondary N) is 3. The maximum absolute atomic E-state index is 12.8. The summed E-state index contributed by atoms with van der Waals surface area (Å²) in [5.74, 6) is -4.85. The second-order valence-corrected chi connectivity index (χ2v) is 8.37. The highest BCUT2D eigenvalue weighted by atomic mass is 16.4. The zero-order valence-electron chi connectivity index (χ0n) is 20.6. The van der Waals surface area contributed by atoms with Crippen molar-refractivity contribution in [3.8, 4) is 0 Å². The van der Waals surface area contributed by atoms with Crippen LogP contribution in [0.15, 0.2) is 35.3 Å². The van der Waals surface area contributed by atoms with Gasteiger partial charge in [0.1, 0.15) is 18.1 Å². The van der Waals surface area contributed by atoms with E-state index in [1.54, 1.807) is 30.3 Å². The predicted octanol–water partition coefficient (Wildman–Crippen LogP) is -1.97. The van der Waals surface area contributed by atoms with Crippen molar-refractivity contribution >= 4 is 35.6 Å². The van der Waals surface area contributed by atoms with E-state index in [0.29, 0.717) is 12.0 Å². The fourth-order valence-electron chi connectivity index (χ4n) is 3.19. The van der Waals surface area contributed by atoms with Crippen molar-refractivity contribution in [3.05, 3.63) is 35.9 Å². The number of carboxylic acids is 2. The maximum Gasteiger partial charge on any atom is 0.326 e. The van der Waals surface area contributed by atoms with Crippen LogP contribution in [0.1, 0.15) is 38.2 Å². The molecule has 0 spiro atoms. The Bertz CT molecular complexity index is 967. The van der Waals surface area contributed by atoms with E-state index in [1.807, 2.05) is 0 Å². The molecule has 0 heterocycles. The molecule has 37 heavy (non-hydrogen) atoms. The van der Waals surface area contributed by atoms with E-state index in [4.69, 9.17) is 22.3 Å². The number of rotatable bonds is 16. The van der Waals surface area contributed by atoms with Crippen LogP contribution in [0.2, 0.25) is 0 Å². The van der Waals surface area contributed by atoms with Crippen molar-refractivity contribution in [1.29, 1.82) is 0 Å². The Morgan fingerprint density at radius 3 is 2.08 bits per heavy atom. The van der Waals surface area contributed by atoms with E-state index >= 15 is 0 Å². The van der Waals surface area contributed by atoms with Gasteiger partial charge in [0.25, 0.3) is 0 Å².